The number of hydrogen-bond acceptors (Lipinski definition) is 3. The van der Waals surface area contributed by atoms with Crippen LogP contribution in [-0.2, 0) is 4.79 Å². The summed E-state index contributed by atoms with van der Waals surface area (Å²) in [5, 5.41) is 9.41. The van der Waals surface area contributed by atoms with Crippen molar-refractivity contribution in [2.75, 3.05) is 13.7 Å². The Labute approximate surface area is 134 Å². The number of halogens is 2. The zero-order valence-electron chi connectivity index (χ0n) is 12.4. The Hall–Kier alpha value is -1.80. The van der Waals surface area contributed by atoms with E-state index in [4.69, 9.17) is 16.3 Å². The zero-order valence-corrected chi connectivity index (χ0v) is 13.2. The molecule has 22 heavy (non-hydrogen) atoms. The molecule has 1 aliphatic carbocycles. The first-order valence-electron chi connectivity index (χ1n) is 7.24. The molecule has 0 radical (unpaired) electrons. The maximum Gasteiger partial charge on any atom is 0.261 e. The lowest BCUT2D eigenvalue weighted by Gasteiger charge is -2.38. The second-order valence-corrected chi connectivity index (χ2v) is 5.93. The number of rotatable bonds is 4. The van der Waals surface area contributed by atoms with E-state index in [1.165, 1.54) is 23.1 Å². The van der Waals surface area contributed by atoms with E-state index in [-0.39, 0.29) is 17.5 Å². The van der Waals surface area contributed by atoms with E-state index in [0.29, 0.717) is 18.6 Å². The molecule has 1 aliphatic rings. The van der Waals surface area contributed by atoms with Crippen molar-refractivity contribution in [3.63, 3.8) is 0 Å². The third kappa shape index (κ3) is 3.50. The number of carbonyl (C=O) groups excluding carboxylic acids is 1. The molecule has 2 rings (SSSR count). The van der Waals surface area contributed by atoms with Crippen LogP contribution in [0.25, 0.3) is 0 Å². The highest BCUT2D eigenvalue weighted by atomic mass is 35.5. The minimum atomic E-state index is -0.737. The van der Waals surface area contributed by atoms with Crippen LogP contribution in [0.2, 0.25) is 5.02 Å². The predicted octanol–water partition coefficient (Wildman–Crippen LogP) is 3.54. The highest BCUT2D eigenvalue weighted by molar-refractivity contribution is 6.30. The highest BCUT2D eigenvalue weighted by Gasteiger charge is 2.38. The van der Waals surface area contributed by atoms with Crippen molar-refractivity contribution >= 4 is 17.5 Å². The summed E-state index contributed by atoms with van der Waals surface area (Å²) in [6.07, 6.45) is 4.36. The van der Waals surface area contributed by atoms with Gasteiger partial charge in [-0.05, 0) is 25.0 Å². The van der Waals surface area contributed by atoms with Crippen molar-refractivity contribution in [3.8, 4) is 11.8 Å². The lowest BCUT2D eigenvalue weighted by molar-refractivity contribution is -0.137. The fourth-order valence-electron chi connectivity index (χ4n) is 2.71. The molecule has 118 valence electrons. The zero-order chi connectivity index (χ0) is 16.2. The van der Waals surface area contributed by atoms with Crippen LogP contribution in [0.5, 0.6) is 5.75 Å². The van der Waals surface area contributed by atoms with Crippen LogP contribution in [0, 0.1) is 17.1 Å². The van der Waals surface area contributed by atoms with E-state index < -0.39 is 11.4 Å². The second-order valence-electron chi connectivity index (χ2n) is 5.52. The number of nitriles is 1. The fraction of sp³-hybridized carbons (Fsp3) is 0.500. The quantitative estimate of drug-likeness (QED) is 0.851. The van der Waals surface area contributed by atoms with Crippen LogP contribution < -0.4 is 4.74 Å². The number of likely N-dealkylation sites (N-methyl/N-ethyl adjacent to an activating group) is 1. The van der Waals surface area contributed by atoms with Gasteiger partial charge in [-0.25, -0.2) is 4.39 Å². The lowest BCUT2D eigenvalue weighted by Crippen LogP contribution is -2.51. The van der Waals surface area contributed by atoms with Crippen LogP contribution in [-0.4, -0.2) is 30.0 Å². The fourth-order valence-corrected chi connectivity index (χ4v) is 2.88. The summed E-state index contributed by atoms with van der Waals surface area (Å²) < 4.78 is 18.4. The average Bonchev–Trinajstić information content (AvgIpc) is 2.55. The number of nitrogens with zero attached hydrogens (tertiary/aromatic N) is 2. The largest absolute Gasteiger partial charge is 0.484 e. The number of carbonyl (C=O) groups is 1. The maximum atomic E-state index is 13.1. The van der Waals surface area contributed by atoms with Crippen LogP contribution in [0.4, 0.5) is 4.39 Å². The van der Waals surface area contributed by atoms with Crippen LogP contribution in [0.3, 0.4) is 0 Å². The van der Waals surface area contributed by atoms with Gasteiger partial charge in [0.2, 0.25) is 0 Å². The van der Waals surface area contributed by atoms with E-state index in [1.54, 1.807) is 7.05 Å². The van der Waals surface area contributed by atoms with Crippen molar-refractivity contribution in [1.29, 1.82) is 5.26 Å². The van der Waals surface area contributed by atoms with Gasteiger partial charge in [-0.2, -0.15) is 5.26 Å². The standard InChI is InChI=1S/C16H18ClFN2O2/c1-20(16(11-19)7-3-2-4-8-16)15(21)10-22-12-5-6-14(18)13(17)9-12/h5-6,9H,2-4,7-8,10H2,1H3. The van der Waals surface area contributed by atoms with Gasteiger partial charge in [0.25, 0.3) is 5.91 Å². The Balaban J connectivity index is 1.99. The van der Waals surface area contributed by atoms with Gasteiger partial charge in [-0.3, -0.25) is 4.79 Å². The molecule has 0 bridgehead atoms. The Kier molecular flexibility index (Phi) is 5.25. The normalized spacial score (nSPS) is 16.6. The SMILES string of the molecule is CN(C(=O)COc1ccc(F)c(Cl)c1)C1(C#N)CCCCC1. The summed E-state index contributed by atoms with van der Waals surface area (Å²) in [4.78, 5) is 13.8. The first-order valence-corrected chi connectivity index (χ1v) is 7.62. The summed E-state index contributed by atoms with van der Waals surface area (Å²) in [6.45, 7) is -0.206. The number of ether oxygens (including phenoxy) is 1. The molecule has 0 unspecified atom stereocenters. The third-order valence-electron chi connectivity index (χ3n) is 4.16. The second kappa shape index (κ2) is 6.97. The van der Waals surface area contributed by atoms with E-state index >= 15 is 0 Å². The van der Waals surface area contributed by atoms with Gasteiger partial charge < -0.3 is 9.64 Å². The van der Waals surface area contributed by atoms with E-state index in [0.717, 1.165) is 19.3 Å². The van der Waals surface area contributed by atoms with Crippen LogP contribution in [0.15, 0.2) is 18.2 Å². The first-order chi connectivity index (χ1) is 10.5. The molecule has 0 N–H and O–H groups in total. The van der Waals surface area contributed by atoms with Gasteiger partial charge in [0.1, 0.15) is 17.1 Å². The average molecular weight is 325 g/mol. The molecular formula is C16H18ClFN2O2. The van der Waals surface area contributed by atoms with Crippen LogP contribution in [0.1, 0.15) is 32.1 Å². The van der Waals surface area contributed by atoms with Crippen molar-refractivity contribution in [2.45, 2.75) is 37.6 Å². The minimum absolute atomic E-state index is 0.0564. The molecule has 0 saturated heterocycles. The van der Waals surface area contributed by atoms with Crippen LogP contribution >= 0.6 is 11.6 Å². The monoisotopic (exact) mass is 324 g/mol. The summed E-state index contributed by atoms with van der Waals surface area (Å²) in [7, 11) is 1.64. The summed E-state index contributed by atoms with van der Waals surface area (Å²) in [6, 6.07) is 6.21. The minimum Gasteiger partial charge on any atom is -0.484 e. The van der Waals surface area contributed by atoms with E-state index in [9.17, 15) is 14.4 Å². The predicted molar refractivity (Wildman–Crippen MR) is 81.1 cm³/mol. The Bertz CT molecular complexity index is 594. The lowest BCUT2D eigenvalue weighted by atomic mass is 9.81. The van der Waals surface area contributed by atoms with Crippen molar-refractivity contribution in [1.82, 2.24) is 4.90 Å². The van der Waals surface area contributed by atoms with Gasteiger partial charge in [-0.15, -0.1) is 0 Å². The van der Waals surface area contributed by atoms with Gasteiger partial charge in [0.15, 0.2) is 6.61 Å². The summed E-state index contributed by atoms with van der Waals surface area (Å²) >= 11 is 5.66. The number of amides is 1. The molecule has 1 aromatic rings. The molecule has 0 spiro atoms. The molecular weight excluding hydrogens is 307 g/mol. The molecule has 0 heterocycles. The van der Waals surface area contributed by atoms with Gasteiger partial charge >= 0.3 is 0 Å². The van der Waals surface area contributed by atoms with Crippen molar-refractivity contribution in [2.24, 2.45) is 0 Å². The Morgan fingerprint density at radius 1 is 1.45 bits per heavy atom. The third-order valence-corrected chi connectivity index (χ3v) is 4.45. The smallest absolute Gasteiger partial charge is 0.261 e. The molecule has 1 saturated carbocycles. The van der Waals surface area contributed by atoms with E-state index in [2.05, 4.69) is 6.07 Å². The summed E-state index contributed by atoms with van der Waals surface area (Å²) in [5.41, 5.74) is -0.737. The van der Waals surface area contributed by atoms with Gasteiger partial charge in [0.05, 0.1) is 11.1 Å². The Morgan fingerprint density at radius 2 is 2.14 bits per heavy atom. The molecule has 0 aliphatic heterocycles. The van der Waals surface area contributed by atoms with E-state index in [1.807, 2.05) is 0 Å². The molecule has 0 atom stereocenters. The topological polar surface area (TPSA) is 53.3 Å². The molecule has 1 amide bonds. The summed E-state index contributed by atoms with van der Waals surface area (Å²) in [5.74, 6) is -0.491. The Morgan fingerprint density at radius 3 is 2.73 bits per heavy atom. The molecule has 1 aromatic carbocycles. The molecule has 0 aromatic heterocycles. The van der Waals surface area contributed by atoms with Gasteiger partial charge in [0, 0.05) is 13.1 Å². The molecule has 6 heteroatoms. The highest BCUT2D eigenvalue weighted by Crippen LogP contribution is 2.32. The van der Waals surface area contributed by atoms with Crippen molar-refractivity contribution in [3.05, 3.63) is 29.0 Å². The molecule has 1 fully saturated rings. The number of hydrogen-bond donors (Lipinski definition) is 0. The van der Waals surface area contributed by atoms with Gasteiger partial charge in [-0.1, -0.05) is 30.9 Å². The number of benzene rings is 1. The maximum absolute atomic E-state index is 13.1. The molecule has 4 nitrogen and oxygen atoms in total. The first kappa shape index (κ1) is 16.6. The van der Waals surface area contributed by atoms with Crippen molar-refractivity contribution < 1.29 is 13.9 Å².